The molecule has 0 fully saturated rings. The lowest BCUT2D eigenvalue weighted by molar-refractivity contribution is 1.01. The lowest BCUT2D eigenvalue weighted by atomic mass is 10.0. The van der Waals surface area contributed by atoms with Gasteiger partial charge in [-0.3, -0.25) is 0 Å². The molecule has 0 radical (unpaired) electrons. The van der Waals surface area contributed by atoms with Gasteiger partial charge >= 0.3 is 0 Å². The molecule has 96 valence electrons. The van der Waals surface area contributed by atoms with Crippen molar-refractivity contribution < 1.29 is 9.60 Å². The fourth-order valence-corrected chi connectivity index (χ4v) is 2.43. The third kappa shape index (κ3) is 1.56. The summed E-state index contributed by atoms with van der Waals surface area (Å²) in [6, 6.07) is 7.54. The fourth-order valence-electron chi connectivity index (χ4n) is 2.43. The van der Waals surface area contributed by atoms with Gasteiger partial charge in [0.15, 0.2) is 0 Å². The Morgan fingerprint density at radius 3 is 2.40 bits per heavy atom. The van der Waals surface area contributed by atoms with Gasteiger partial charge in [0.2, 0.25) is 0 Å². The molecule has 0 N–H and O–H groups in total. The molecule has 0 aliphatic carbocycles. The lowest BCUT2D eigenvalue weighted by Gasteiger charge is -2.02. The van der Waals surface area contributed by atoms with E-state index in [1.807, 2.05) is 6.07 Å². The van der Waals surface area contributed by atoms with Gasteiger partial charge < -0.3 is 4.57 Å². The third-order valence-corrected chi connectivity index (χ3v) is 3.44. The number of fused-ring (bicyclic) bond motifs is 3. The predicted molar refractivity (Wildman–Crippen MR) is 85.9 cm³/mol. The molecule has 1 nitrogen and oxygen atoms in total. The van der Waals surface area contributed by atoms with Crippen molar-refractivity contribution in [2.75, 3.05) is 0 Å². The van der Waals surface area contributed by atoms with E-state index in [1.165, 1.54) is 4.57 Å². The van der Waals surface area contributed by atoms with Crippen LogP contribution in [-0.4, -0.2) is 4.57 Å². The summed E-state index contributed by atoms with van der Waals surface area (Å²) in [5.41, 5.74) is 1.42. The number of hydrogen-bond acceptors (Lipinski definition) is 0. The van der Waals surface area contributed by atoms with E-state index in [4.69, 9.17) is 9.60 Å². The fraction of sp³-hybridized carbons (Fsp3) is 0.0526. The number of rotatable bonds is 1. The van der Waals surface area contributed by atoms with Gasteiger partial charge in [0.25, 0.3) is 0 Å². The molecule has 4 aromatic rings. The number of nitrogens with zero attached hydrogens (tertiary/aromatic N) is 1. The van der Waals surface area contributed by atoms with Crippen LogP contribution in [0.25, 0.3) is 32.9 Å². The smallest absolute Gasteiger partial charge is 0.0645 e. The molecule has 0 bridgehead atoms. The average molecular weight is 264 g/mol. The van der Waals surface area contributed by atoms with Gasteiger partial charge in [0.05, 0.1) is 9.60 Å². The number of hydrogen-bond donors (Lipinski definition) is 0. The molecule has 0 atom stereocenters. The molecule has 1 aromatic heterocycles. The Balaban J connectivity index is 2.34. The van der Waals surface area contributed by atoms with Crippen molar-refractivity contribution in [2.45, 2.75) is 0 Å². The molecular formula is C19H15N. The lowest BCUT2D eigenvalue weighted by Crippen LogP contribution is -1.85. The van der Waals surface area contributed by atoms with Gasteiger partial charge in [-0.05, 0) is 29.3 Å². The Kier molecular flexibility index (Phi) is 1.33. The van der Waals surface area contributed by atoms with Gasteiger partial charge in [-0.1, -0.05) is 54.5 Å². The molecule has 1 heteroatoms. The quantitative estimate of drug-likeness (QED) is 0.456. The molecule has 4 rings (SSSR count). The normalized spacial score (nSPS) is 16.1. The summed E-state index contributed by atoms with van der Waals surface area (Å²) in [6.45, 7) is 0. The van der Waals surface area contributed by atoms with Crippen molar-refractivity contribution in [2.24, 2.45) is 7.05 Å². The Labute approximate surface area is 127 Å². The van der Waals surface area contributed by atoms with Crippen molar-refractivity contribution >= 4 is 21.8 Å². The summed E-state index contributed by atoms with van der Waals surface area (Å²) < 4.78 is 59.6. The Hall–Kier alpha value is -2.54. The van der Waals surface area contributed by atoms with E-state index in [-0.39, 0.29) is 69.7 Å². The molecule has 0 saturated carbocycles. The summed E-state index contributed by atoms with van der Waals surface area (Å²) in [6.07, 6.45) is 0. The summed E-state index contributed by atoms with van der Waals surface area (Å²) in [4.78, 5) is 0. The zero-order chi connectivity index (χ0) is 19.6. The van der Waals surface area contributed by atoms with E-state index in [0.717, 1.165) is 0 Å². The molecule has 0 spiro atoms. The molecule has 0 unspecified atom stereocenters. The highest BCUT2D eigenvalue weighted by Crippen LogP contribution is 2.31. The van der Waals surface area contributed by atoms with Crippen LogP contribution in [-0.2, 0) is 7.05 Å². The summed E-state index contributed by atoms with van der Waals surface area (Å²) in [5.74, 6) is 0. The first-order valence-corrected chi connectivity index (χ1v) is 6.31. The zero-order valence-electron chi connectivity index (χ0n) is 17.8. The van der Waals surface area contributed by atoms with Gasteiger partial charge in [-0.25, -0.2) is 0 Å². The van der Waals surface area contributed by atoms with Crippen molar-refractivity contribution in [3.63, 3.8) is 0 Å². The van der Waals surface area contributed by atoms with Gasteiger partial charge in [-0.2, -0.15) is 0 Å². The zero-order valence-corrected chi connectivity index (χ0v) is 10.8. The Morgan fingerprint density at radius 2 is 1.55 bits per heavy atom. The van der Waals surface area contributed by atoms with Gasteiger partial charge in [-0.15, -0.1) is 0 Å². The highest BCUT2D eigenvalue weighted by atomic mass is 14.9. The largest absolute Gasteiger partial charge is 0.344 e. The first-order valence-electron chi connectivity index (χ1n) is 9.81. The van der Waals surface area contributed by atoms with E-state index in [1.54, 1.807) is 31.3 Å². The van der Waals surface area contributed by atoms with Gasteiger partial charge in [0, 0.05) is 28.9 Å². The minimum absolute atomic E-state index is 0.00664. The van der Waals surface area contributed by atoms with Crippen molar-refractivity contribution in [1.29, 1.82) is 0 Å². The SMILES string of the molecule is [2H]c1c([2H])c([2H])c2c(c1[2H])c1c([2H])c(-c3ccccc3)c([2H])c([2H])c1n2C. The predicted octanol–water partition coefficient (Wildman–Crippen LogP) is 5.00. The number of para-hydroxylation sites is 1. The highest BCUT2D eigenvalue weighted by Gasteiger charge is 2.08. The Bertz CT molecular complexity index is 1240. The van der Waals surface area contributed by atoms with Crippen LogP contribution in [0.15, 0.2) is 72.6 Å². The average Bonchev–Trinajstić information content (AvgIpc) is 2.97. The molecule has 0 amide bonds. The van der Waals surface area contributed by atoms with Crippen molar-refractivity contribution in [1.82, 2.24) is 4.57 Å². The minimum atomic E-state index is -0.373. The topological polar surface area (TPSA) is 4.93 Å². The molecule has 3 aromatic carbocycles. The third-order valence-electron chi connectivity index (χ3n) is 3.44. The number of aromatic nitrogens is 1. The highest BCUT2D eigenvalue weighted by molar-refractivity contribution is 6.09. The second-order valence-electron chi connectivity index (χ2n) is 4.62. The molecule has 0 saturated heterocycles. The maximum Gasteiger partial charge on any atom is 0.0645 e. The van der Waals surface area contributed by atoms with Crippen LogP contribution in [0.4, 0.5) is 0 Å². The van der Waals surface area contributed by atoms with E-state index >= 15 is 0 Å². The first-order chi connectivity index (χ1) is 12.8. The van der Waals surface area contributed by atoms with E-state index in [2.05, 4.69) is 0 Å². The van der Waals surface area contributed by atoms with E-state index in [0.29, 0.717) is 5.56 Å². The second kappa shape index (κ2) is 4.24. The molecule has 0 aliphatic heterocycles. The first kappa shape index (κ1) is 6.27. The van der Waals surface area contributed by atoms with Crippen LogP contribution in [0, 0.1) is 0 Å². The molecule has 0 aliphatic rings. The minimum Gasteiger partial charge on any atom is -0.344 e. The van der Waals surface area contributed by atoms with Crippen molar-refractivity contribution in [3.05, 3.63) is 72.6 Å². The number of benzene rings is 3. The molecule has 1 heterocycles. The van der Waals surface area contributed by atoms with E-state index < -0.39 is 0 Å². The number of aryl methyl sites for hydroxylation is 1. The Morgan fingerprint density at radius 1 is 0.800 bits per heavy atom. The van der Waals surface area contributed by atoms with Crippen LogP contribution in [0.5, 0.6) is 0 Å². The monoisotopic (exact) mass is 264 g/mol. The van der Waals surface area contributed by atoms with Crippen LogP contribution in [0.3, 0.4) is 0 Å². The van der Waals surface area contributed by atoms with Crippen LogP contribution >= 0.6 is 0 Å². The van der Waals surface area contributed by atoms with Crippen molar-refractivity contribution in [3.8, 4) is 11.1 Å². The van der Waals surface area contributed by atoms with E-state index in [9.17, 15) is 0 Å². The molecule has 20 heavy (non-hydrogen) atoms. The summed E-state index contributed by atoms with van der Waals surface area (Å²) in [5, 5.41) is 0.494. The standard InChI is InChI=1S/C19H15N/c1-20-18-10-6-5-9-16(18)17-13-15(11-12-19(17)20)14-7-3-2-4-8-14/h2-13H,1H3/i5D,6D,9D,10D,11D,12D,13D. The van der Waals surface area contributed by atoms with Crippen LogP contribution in [0.2, 0.25) is 0 Å². The maximum atomic E-state index is 8.73. The van der Waals surface area contributed by atoms with Crippen LogP contribution < -0.4 is 0 Å². The van der Waals surface area contributed by atoms with Crippen LogP contribution in [0.1, 0.15) is 9.60 Å². The summed E-state index contributed by atoms with van der Waals surface area (Å²) in [7, 11) is 1.60. The van der Waals surface area contributed by atoms with Gasteiger partial charge in [0.1, 0.15) is 0 Å². The second-order valence-corrected chi connectivity index (χ2v) is 4.62. The maximum absolute atomic E-state index is 8.73. The molecular weight excluding hydrogens is 242 g/mol. The summed E-state index contributed by atoms with van der Waals surface area (Å²) >= 11 is 0.